The van der Waals surface area contributed by atoms with E-state index in [1.807, 2.05) is 13.2 Å². The lowest BCUT2D eigenvalue weighted by atomic mass is 9.98. The zero-order valence-electron chi connectivity index (χ0n) is 9.70. The normalized spacial score (nSPS) is 30.7. The number of nitrogens with one attached hydrogen (secondary N) is 1. The van der Waals surface area contributed by atoms with Crippen LogP contribution in [-0.4, -0.2) is 15.8 Å². The molecule has 1 aromatic heterocycles. The fraction of sp³-hybridized carbons (Fsp3) is 0.727. The van der Waals surface area contributed by atoms with E-state index < -0.39 is 0 Å². The summed E-state index contributed by atoms with van der Waals surface area (Å²) in [5, 5.41) is 7.77. The van der Waals surface area contributed by atoms with Crippen LogP contribution in [0, 0.1) is 11.8 Å². The molecule has 3 atom stereocenters. The Hall–Kier alpha value is -1.19. The van der Waals surface area contributed by atoms with Gasteiger partial charge in [0.25, 0.3) is 0 Å². The first-order valence-corrected chi connectivity index (χ1v) is 5.63. The molecule has 1 aromatic rings. The lowest BCUT2D eigenvalue weighted by Crippen LogP contribution is -2.24. The van der Waals surface area contributed by atoms with Crippen molar-refractivity contribution >= 4 is 11.5 Å². The van der Waals surface area contributed by atoms with Gasteiger partial charge in [-0.05, 0) is 24.7 Å². The fourth-order valence-electron chi connectivity index (χ4n) is 2.36. The van der Waals surface area contributed by atoms with E-state index in [-0.39, 0.29) is 0 Å². The summed E-state index contributed by atoms with van der Waals surface area (Å²) in [6, 6.07) is 0.525. The Kier molecular flexibility index (Phi) is 2.59. The summed E-state index contributed by atoms with van der Waals surface area (Å²) in [6.45, 7) is 4.61. The maximum absolute atomic E-state index is 5.85. The molecule has 1 aliphatic rings. The molecule has 1 fully saturated rings. The van der Waals surface area contributed by atoms with Crippen LogP contribution in [0.3, 0.4) is 0 Å². The van der Waals surface area contributed by atoms with Crippen molar-refractivity contribution in [3.63, 3.8) is 0 Å². The Morgan fingerprint density at radius 2 is 2.20 bits per heavy atom. The molecule has 4 nitrogen and oxygen atoms in total. The maximum atomic E-state index is 5.85. The van der Waals surface area contributed by atoms with Crippen LogP contribution in [0.25, 0.3) is 0 Å². The number of aromatic nitrogens is 2. The summed E-state index contributed by atoms with van der Waals surface area (Å²) >= 11 is 0. The van der Waals surface area contributed by atoms with Crippen LogP contribution in [0.15, 0.2) is 6.20 Å². The van der Waals surface area contributed by atoms with Crippen molar-refractivity contribution in [3.8, 4) is 0 Å². The van der Waals surface area contributed by atoms with Crippen LogP contribution in [0.1, 0.15) is 26.7 Å². The van der Waals surface area contributed by atoms with Gasteiger partial charge in [0.2, 0.25) is 0 Å². The molecule has 2 rings (SSSR count). The lowest BCUT2D eigenvalue weighted by molar-refractivity contribution is 0.435. The van der Waals surface area contributed by atoms with Crippen LogP contribution in [0.5, 0.6) is 0 Å². The Morgan fingerprint density at radius 3 is 2.67 bits per heavy atom. The zero-order valence-corrected chi connectivity index (χ0v) is 9.70. The molecule has 0 amide bonds. The van der Waals surface area contributed by atoms with Crippen molar-refractivity contribution in [1.82, 2.24) is 9.78 Å². The van der Waals surface area contributed by atoms with Crippen LogP contribution in [0.4, 0.5) is 11.5 Å². The van der Waals surface area contributed by atoms with Gasteiger partial charge in [-0.25, -0.2) is 0 Å². The molecule has 1 heterocycles. The predicted molar refractivity (Wildman–Crippen MR) is 62.6 cm³/mol. The summed E-state index contributed by atoms with van der Waals surface area (Å²) in [5.74, 6) is 2.34. The van der Waals surface area contributed by atoms with E-state index in [1.54, 1.807) is 4.68 Å². The highest BCUT2D eigenvalue weighted by Gasteiger charge is 2.30. The van der Waals surface area contributed by atoms with Gasteiger partial charge in [-0.15, -0.1) is 0 Å². The van der Waals surface area contributed by atoms with E-state index in [0.29, 0.717) is 12.0 Å². The molecule has 0 bridgehead atoms. The average molecular weight is 208 g/mol. The summed E-state index contributed by atoms with van der Waals surface area (Å²) in [5.41, 5.74) is 6.59. The number of nitrogens with zero attached hydrogens (tertiary/aromatic N) is 2. The third kappa shape index (κ3) is 1.94. The third-order valence-corrected chi connectivity index (χ3v) is 3.64. The molecule has 0 saturated heterocycles. The van der Waals surface area contributed by atoms with Gasteiger partial charge in [-0.3, -0.25) is 4.68 Å². The van der Waals surface area contributed by atoms with Gasteiger partial charge in [0.15, 0.2) is 5.82 Å². The molecular weight excluding hydrogens is 188 g/mol. The van der Waals surface area contributed by atoms with Crippen LogP contribution in [0.2, 0.25) is 0 Å². The molecule has 4 heteroatoms. The Balaban J connectivity index is 2.06. The number of rotatable bonds is 2. The van der Waals surface area contributed by atoms with Gasteiger partial charge < -0.3 is 11.1 Å². The van der Waals surface area contributed by atoms with Crippen molar-refractivity contribution in [2.45, 2.75) is 32.7 Å². The minimum Gasteiger partial charge on any atom is -0.394 e. The molecule has 3 N–H and O–H groups in total. The summed E-state index contributed by atoms with van der Waals surface area (Å²) in [6.07, 6.45) is 4.36. The van der Waals surface area contributed by atoms with Crippen molar-refractivity contribution in [2.24, 2.45) is 18.9 Å². The minimum atomic E-state index is 0.525. The molecule has 3 unspecified atom stereocenters. The Bertz CT molecular complexity index is 344. The first-order valence-electron chi connectivity index (χ1n) is 5.63. The largest absolute Gasteiger partial charge is 0.394 e. The minimum absolute atomic E-state index is 0.525. The molecule has 0 aromatic carbocycles. The first kappa shape index (κ1) is 10.3. The third-order valence-electron chi connectivity index (χ3n) is 3.64. The topological polar surface area (TPSA) is 55.9 Å². The molecule has 0 radical (unpaired) electrons. The molecule has 0 spiro atoms. The van der Waals surface area contributed by atoms with E-state index in [1.165, 1.54) is 12.8 Å². The van der Waals surface area contributed by atoms with Crippen LogP contribution in [-0.2, 0) is 7.05 Å². The highest BCUT2D eigenvalue weighted by Crippen LogP contribution is 2.33. The number of nitrogen functional groups attached to an aromatic ring is 1. The SMILES string of the molecule is CC1CCC(Nc2nn(C)cc2N)C1C. The fourth-order valence-corrected chi connectivity index (χ4v) is 2.36. The summed E-state index contributed by atoms with van der Waals surface area (Å²) in [7, 11) is 1.89. The smallest absolute Gasteiger partial charge is 0.171 e. The quantitative estimate of drug-likeness (QED) is 0.780. The second-order valence-corrected chi connectivity index (χ2v) is 4.77. The Labute approximate surface area is 90.8 Å². The number of hydrogen-bond donors (Lipinski definition) is 2. The number of anilines is 2. The van der Waals surface area contributed by atoms with Crippen molar-refractivity contribution in [1.29, 1.82) is 0 Å². The molecule has 15 heavy (non-hydrogen) atoms. The van der Waals surface area contributed by atoms with Gasteiger partial charge in [-0.1, -0.05) is 13.8 Å². The van der Waals surface area contributed by atoms with E-state index >= 15 is 0 Å². The molecular formula is C11H20N4. The molecule has 1 aliphatic carbocycles. The maximum Gasteiger partial charge on any atom is 0.171 e. The summed E-state index contributed by atoms with van der Waals surface area (Å²) in [4.78, 5) is 0. The highest BCUT2D eigenvalue weighted by atomic mass is 15.3. The molecule has 84 valence electrons. The summed E-state index contributed by atoms with van der Waals surface area (Å²) < 4.78 is 1.75. The van der Waals surface area contributed by atoms with Crippen molar-refractivity contribution in [3.05, 3.63) is 6.20 Å². The monoisotopic (exact) mass is 208 g/mol. The molecule has 1 saturated carbocycles. The van der Waals surface area contributed by atoms with Crippen LogP contribution >= 0.6 is 0 Å². The van der Waals surface area contributed by atoms with Crippen molar-refractivity contribution in [2.75, 3.05) is 11.1 Å². The average Bonchev–Trinajstić information content (AvgIpc) is 2.64. The standard InChI is InChI=1S/C11H20N4/c1-7-4-5-10(8(7)2)13-11-9(12)6-15(3)14-11/h6-8,10H,4-5,12H2,1-3H3,(H,13,14). The number of hydrogen-bond acceptors (Lipinski definition) is 3. The van der Waals surface area contributed by atoms with Crippen molar-refractivity contribution < 1.29 is 0 Å². The lowest BCUT2D eigenvalue weighted by Gasteiger charge is -2.19. The number of nitrogens with two attached hydrogens (primary N) is 1. The Morgan fingerprint density at radius 1 is 1.47 bits per heavy atom. The first-order chi connectivity index (χ1) is 7.08. The predicted octanol–water partition coefficient (Wildman–Crippen LogP) is 1.85. The second kappa shape index (κ2) is 3.76. The van der Waals surface area contributed by atoms with E-state index in [4.69, 9.17) is 5.73 Å². The highest BCUT2D eigenvalue weighted by molar-refractivity contribution is 5.60. The van der Waals surface area contributed by atoms with E-state index in [9.17, 15) is 0 Å². The van der Waals surface area contributed by atoms with Gasteiger partial charge >= 0.3 is 0 Å². The van der Waals surface area contributed by atoms with Gasteiger partial charge in [0, 0.05) is 19.3 Å². The van der Waals surface area contributed by atoms with Gasteiger partial charge in [0.05, 0.1) is 5.69 Å². The van der Waals surface area contributed by atoms with Gasteiger partial charge in [0.1, 0.15) is 0 Å². The van der Waals surface area contributed by atoms with E-state index in [2.05, 4.69) is 24.3 Å². The zero-order chi connectivity index (χ0) is 11.0. The number of aryl methyl sites for hydroxylation is 1. The van der Waals surface area contributed by atoms with Crippen LogP contribution < -0.4 is 11.1 Å². The van der Waals surface area contributed by atoms with E-state index in [0.717, 1.165) is 17.4 Å². The second-order valence-electron chi connectivity index (χ2n) is 4.77. The molecule has 0 aliphatic heterocycles. The van der Waals surface area contributed by atoms with Gasteiger partial charge in [-0.2, -0.15) is 5.10 Å².